The highest BCUT2D eigenvalue weighted by molar-refractivity contribution is 5.88. The summed E-state index contributed by atoms with van der Waals surface area (Å²) in [5.41, 5.74) is 0.129. The molecule has 15 heavy (non-hydrogen) atoms. The number of aliphatic hydroxyl groups is 1. The van der Waals surface area contributed by atoms with Crippen LogP contribution in [0.3, 0.4) is 0 Å². The van der Waals surface area contributed by atoms with Crippen molar-refractivity contribution in [2.24, 2.45) is 0 Å². The van der Waals surface area contributed by atoms with Gasteiger partial charge in [-0.2, -0.15) is 0 Å². The second kappa shape index (κ2) is 8.48. The Balaban J connectivity index is 3.87. The fraction of sp³-hybridized carbons (Fsp3) is 0.750. The zero-order valence-corrected chi connectivity index (χ0v) is 9.79. The Morgan fingerprint density at radius 2 is 2.07 bits per heavy atom. The maximum atomic E-state index is 11.3. The van der Waals surface area contributed by atoms with Crippen molar-refractivity contribution in [2.75, 3.05) is 6.61 Å². The van der Waals surface area contributed by atoms with Crippen LogP contribution in [-0.4, -0.2) is 23.8 Å². The number of ether oxygens (including phenoxy) is 1. The van der Waals surface area contributed by atoms with Gasteiger partial charge in [0.1, 0.15) is 6.10 Å². The van der Waals surface area contributed by atoms with Crippen molar-refractivity contribution in [2.45, 2.75) is 52.1 Å². The van der Waals surface area contributed by atoms with E-state index in [1.165, 1.54) is 0 Å². The van der Waals surface area contributed by atoms with Gasteiger partial charge in [0.15, 0.2) is 0 Å². The molecular weight excluding hydrogens is 192 g/mol. The summed E-state index contributed by atoms with van der Waals surface area (Å²) < 4.78 is 5.20. The Kier molecular flexibility index (Phi) is 8.01. The molecule has 0 fully saturated rings. The van der Waals surface area contributed by atoms with E-state index < -0.39 is 5.97 Å². The summed E-state index contributed by atoms with van der Waals surface area (Å²) in [6.45, 7) is 7.23. The fourth-order valence-electron chi connectivity index (χ4n) is 1.27. The quantitative estimate of drug-likeness (QED) is 0.383. The van der Waals surface area contributed by atoms with Gasteiger partial charge in [-0.05, 0) is 19.3 Å². The third-order valence-corrected chi connectivity index (χ3v) is 2.34. The minimum absolute atomic E-state index is 0.0349. The van der Waals surface area contributed by atoms with E-state index in [-0.39, 0.29) is 18.3 Å². The Hall–Kier alpha value is -0.830. The van der Waals surface area contributed by atoms with Gasteiger partial charge in [-0.15, -0.1) is 0 Å². The van der Waals surface area contributed by atoms with E-state index in [1.807, 2.05) is 6.92 Å². The first-order valence-corrected chi connectivity index (χ1v) is 5.65. The SMILES string of the molecule is C=C(CO)C(=O)OC(CC)CCCCC. The molecule has 3 heteroatoms. The van der Waals surface area contributed by atoms with Crippen LogP contribution in [0.4, 0.5) is 0 Å². The van der Waals surface area contributed by atoms with E-state index in [9.17, 15) is 4.79 Å². The summed E-state index contributed by atoms with van der Waals surface area (Å²) in [6, 6.07) is 0. The predicted molar refractivity (Wildman–Crippen MR) is 60.5 cm³/mol. The van der Waals surface area contributed by atoms with Gasteiger partial charge >= 0.3 is 5.97 Å². The van der Waals surface area contributed by atoms with Crippen LogP contribution < -0.4 is 0 Å². The monoisotopic (exact) mass is 214 g/mol. The number of carbonyl (C=O) groups is 1. The van der Waals surface area contributed by atoms with E-state index in [1.54, 1.807) is 0 Å². The zero-order chi connectivity index (χ0) is 11.7. The van der Waals surface area contributed by atoms with Crippen molar-refractivity contribution >= 4 is 5.97 Å². The molecule has 88 valence electrons. The number of rotatable bonds is 8. The van der Waals surface area contributed by atoms with Crippen LogP contribution in [0.15, 0.2) is 12.2 Å². The van der Waals surface area contributed by atoms with Crippen molar-refractivity contribution in [1.29, 1.82) is 0 Å². The molecule has 0 spiro atoms. The molecule has 0 aliphatic heterocycles. The maximum Gasteiger partial charge on any atom is 0.336 e. The van der Waals surface area contributed by atoms with E-state index in [0.29, 0.717) is 0 Å². The Morgan fingerprint density at radius 3 is 2.53 bits per heavy atom. The van der Waals surface area contributed by atoms with Crippen LogP contribution in [0.1, 0.15) is 46.0 Å². The lowest BCUT2D eigenvalue weighted by Crippen LogP contribution is -2.19. The summed E-state index contributed by atoms with van der Waals surface area (Å²) in [5.74, 6) is -0.471. The highest BCUT2D eigenvalue weighted by Gasteiger charge is 2.14. The molecule has 0 aromatic carbocycles. The fourth-order valence-corrected chi connectivity index (χ4v) is 1.27. The van der Waals surface area contributed by atoms with Gasteiger partial charge < -0.3 is 9.84 Å². The molecule has 0 saturated heterocycles. The predicted octanol–water partition coefficient (Wildman–Crippen LogP) is 2.44. The van der Waals surface area contributed by atoms with Crippen LogP contribution >= 0.6 is 0 Å². The largest absolute Gasteiger partial charge is 0.459 e. The number of hydrogen-bond donors (Lipinski definition) is 1. The molecule has 0 rings (SSSR count). The molecule has 0 saturated carbocycles. The summed E-state index contributed by atoms with van der Waals surface area (Å²) in [4.78, 5) is 11.3. The average Bonchev–Trinajstić information content (AvgIpc) is 2.26. The highest BCUT2D eigenvalue weighted by atomic mass is 16.5. The minimum Gasteiger partial charge on any atom is -0.459 e. The van der Waals surface area contributed by atoms with Gasteiger partial charge in [0.05, 0.1) is 12.2 Å². The molecule has 3 nitrogen and oxygen atoms in total. The maximum absolute atomic E-state index is 11.3. The lowest BCUT2D eigenvalue weighted by molar-refractivity contribution is -0.145. The molecule has 0 amide bonds. The lowest BCUT2D eigenvalue weighted by atomic mass is 10.1. The Bertz CT molecular complexity index is 199. The molecule has 0 heterocycles. The first-order chi connectivity index (χ1) is 7.15. The van der Waals surface area contributed by atoms with Crippen LogP contribution in [0, 0.1) is 0 Å². The van der Waals surface area contributed by atoms with E-state index in [4.69, 9.17) is 9.84 Å². The Labute approximate surface area is 92.1 Å². The molecule has 1 unspecified atom stereocenters. The van der Waals surface area contributed by atoms with E-state index >= 15 is 0 Å². The number of aliphatic hydroxyl groups excluding tert-OH is 1. The van der Waals surface area contributed by atoms with Crippen molar-refractivity contribution in [3.05, 3.63) is 12.2 Å². The van der Waals surface area contributed by atoms with Gasteiger partial charge in [-0.25, -0.2) is 4.79 Å². The molecule has 1 atom stereocenters. The number of carbonyl (C=O) groups excluding carboxylic acids is 1. The molecule has 0 aromatic heterocycles. The average molecular weight is 214 g/mol. The number of unbranched alkanes of at least 4 members (excludes halogenated alkanes) is 2. The van der Waals surface area contributed by atoms with Crippen molar-refractivity contribution in [1.82, 2.24) is 0 Å². The first kappa shape index (κ1) is 14.2. The van der Waals surface area contributed by atoms with Gasteiger partial charge in [-0.3, -0.25) is 0 Å². The topological polar surface area (TPSA) is 46.5 Å². The highest BCUT2D eigenvalue weighted by Crippen LogP contribution is 2.11. The van der Waals surface area contributed by atoms with Crippen molar-refractivity contribution in [3.63, 3.8) is 0 Å². The molecule has 1 N–H and O–H groups in total. The van der Waals surface area contributed by atoms with Gasteiger partial charge in [0.2, 0.25) is 0 Å². The van der Waals surface area contributed by atoms with Crippen molar-refractivity contribution < 1.29 is 14.6 Å². The molecule has 0 aliphatic carbocycles. The third kappa shape index (κ3) is 6.28. The molecular formula is C12H22O3. The summed E-state index contributed by atoms with van der Waals surface area (Å²) in [5, 5.41) is 8.70. The number of esters is 1. The molecule has 0 aliphatic rings. The normalized spacial score (nSPS) is 12.2. The summed E-state index contributed by atoms with van der Waals surface area (Å²) in [6.07, 6.45) is 5.08. The first-order valence-electron chi connectivity index (χ1n) is 5.65. The molecule has 0 radical (unpaired) electrons. The standard InChI is InChI=1S/C12H22O3/c1-4-6-7-8-11(5-2)15-12(14)10(3)9-13/h11,13H,3-9H2,1-2H3. The summed E-state index contributed by atoms with van der Waals surface area (Å²) in [7, 11) is 0. The second-order valence-corrected chi connectivity index (χ2v) is 3.69. The number of hydrogen-bond acceptors (Lipinski definition) is 3. The Morgan fingerprint density at radius 1 is 1.40 bits per heavy atom. The van der Waals surface area contributed by atoms with Gasteiger partial charge in [0, 0.05) is 0 Å². The zero-order valence-electron chi connectivity index (χ0n) is 9.79. The minimum atomic E-state index is -0.471. The second-order valence-electron chi connectivity index (χ2n) is 3.69. The van der Waals surface area contributed by atoms with Crippen LogP contribution in [0.25, 0.3) is 0 Å². The van der Waals surface area contributed by atoms with E-state index in [2.05, 4.69) is 13.5 Å². The molecule has 0 bridgehead atoms. The van der Waals surface area contributed by atoms with Crippen molar-refractivity contribution in [3.8, 4) is 0 Å². The lowest BCUT2D eigenvalue weighted by Gasteiger charge is -2.16. The van der Waals surface area contributed by atoms with Gasteiger partial charge in [-0.1, -0.05) is 33.3 Å². The van der Waals surface area contributed by atoms with Crippen LogP contribution in [-0.2, 0) is 9.53 Å². The van der Waals surface area contributed by atoms with Crippen LogP contribution in [0.5, 0.6) is 0 Å². The smallest absolute Gasteiger partial charge is 0.336 e. The summed E-state index contributed by atoms with van der Waals surface area (Å²) >= 11 is 0. The third-order valence-electron chi connectivity index (χ3n) is 2.34. The van der Waals surface area contributed by atoms with E-state index in [0.717, 1.165) is 32.1 Å². The van der Waals surface area contributed by atoms with Gasteiger partial charge in [0.25, 0.3) is 0 Å². The van der Waals surface area contributed by atoms with Crippen LogP contribution in [0.2, 0.25) is 0 Å². The molecule has 0 aromatic rings.